The number of nitrogens with two attached hydrogens (primary N) is 1. The maximum Gasteiger partial charge on any atom is 0.407 e. The van der Waals surface area contributed by atoms with Crippen molar-refractivity contribution in [1.29, 1.82) is 0 Å². The highest BCUT2D eigenvalue weighted by atomic mass is 31.2. The standard InChI is InChI=1S/C40H61N4O9P/c1-29(2)25-34(37(46)43-36(45)23-15-8-16-24-42-40(49)53-28-32-21-13-7-14-22-32)44(38(47)33(41)26-30-17-9-5-10-18-30)35(27-31-19-11-6-12-20-31)39(48)54(50,51-3)52-4/h5,7,9-10,13-14,17-18,21-22,29,31,33-35,39,48H,6,8,11-12,15-16,19-20,23-28,41H2,1-4H3,(H,42,49)(H,43,45,46)/t33-,34-,35-,39?/m0/s1. The van der Waals surface area contributed by atoms with Gasteiger partial charge in [-0.15, -0.1) is 0 Å². The number of aliphatic hydroxyl groups excluding tert-OH is 1. The van der Waals surface area contributed by atoms with Crippen molar-refractivity contribution in [2.24, 2.45) is 17.6 Å². The highest BCUT2D eigenvalue weighted by Crippen LogP contribution is 2.53. The summed E-state index contributed by atoms with van der Waals surface area (Å²) in [5.74, 6) is -3.67. The Hall–Kier alpha value is -3.61. The SMILES string of the molecule is COP(=O)(OC)C(O)[C@H](CC1CCCCC1)N(C(=O)[C@@H](N)Cc1ccccc1)[C@@H](CC(C)C)C(=O)NC(=O)CCCCCNC(=O)OCc1ccccc1. The average Bonchev–Trinajstić information content (AvgIpc) is 3.17. The van der Waals surface area contributed by atoms with Crippen LogP contribution in [0.3, 0.4) is 0 Å². The second kappa shape index (κ2) is 23.3. The van der Waals surface area contributed by atoms with Crippen molar-refractivity contribution in [3.63, 3.8) is 0 Å². The summed E-state index contributed by atoms with van der Waals surface area (Å²) in [7, 11) is -1.84. The molecule has 0 radical (unpaired) electrons. The van der Waals surface area contributed by atoms with Crippen LogP contribution in [0.25, 0.3) is 0 Å². The average molecular weight is 773 g/mol. The van der Waals surface area contributed by atoms with Gasteiger partial charge in [-0.3, -0.25) is 24.3 Å². The summed E-state index contributed by atoms with van der Waals surface area (Å²) < 4.78 is 29.5. The third kappa shape index (κ3) is 14.6. The molecule has 0 heterocycles. The van der Waals surface area contributed by atoms with Crippen molar-refractivity contribution in [3.05, 3.63) is 71.8 Å². The number of imide groups is 1. The van der Waals surface area contributed by atoms with Crippen molar-refractivity contribution in [2.75, 3.05) is 20.8 Å². The first-order valence-corrected chi connectivity index (χ1v) is 20.8. The number of carbonyl (C=O) groups is 4. The lowest BCUT2D eigenvalue weighted by Crippen LogP contribution is -2.62. The fourth-order valence-electron chi connectivity index (χ4n) is 6.97. The summed E-state index contributed by atoms with van der Waals surface area (Å²) >= 11 is 0. The molecule has 0 aromatic heterocycles. The third-order valence-electron chi connectivity index (χ3n) is 9.86. The lowest BCUT2D eigenvalue weighted by atomic mass is 9.83. The second-order valence-corrected chi connectivity index (χ2v) is 16.9. The Kier molecular flexibility index (Phi) is 19.4. The van der Waals surface area contributed by atoms with Gasteiger partial charge in [-0.05, 0) is 55.1 Å². The van der Waals surface area contributed by atoms with E-state index in [9.17, 15) is 28.8 Å². The van der Waals surface area contributed by atoms with Crippen molar-refractivity contribution in [2.45, 2.75) is 121 Å². The Morgan fingerprint density at radius 1 is 0.907 bits per heavy atom. The second-order valence-electron chi connectivity index (χ2n) is 14.5. The van der Waals surface area contributed by atoms with E-state index in [1.807, 2.05) is 74.5 Å². The van der Waals surface area contributed by atoms with Gasteiger partial charge < -0.3 is 34.8 Å². The van der Waals surface area contributed by atoms with Crippen molar-refractivity contribution in [3.8, 4) is 0 Å². The molecule has 13 nitrogen and oxygen atoms in total. The topological polar surface area (TPSA) is 187 Å². The third-order valence-corrected chi connectivity index (χ3v) is 11.9. The number of nitrogens with one attached hydrogen (secondary N) is 2. The van der Waals surface area contributed by atoms with Crippen molar-refractivity contribution in [1.82, 2.24) is 15.5 Å². The zero-order chi connectivity index (χ0) is 39.5. The highest BCUT2D eigenvalue weighted by molar-refractivity contribution is 7.54. The Morgan fingerprint density at radius 2 is 1.52 bits per heavy atom. The number of hydrogen-bond acceptors (Lipinski definition) is 10. The molecule has 2 aromatic rings. The minimum Gasteiger partial charge on any atom is -0.445 e. The van der Waals surface area contributed by atoms with Gasteiger partial charge in [0.2, 0.25) is 17.7 Å². The van der Waals surface area contributed by atoms with Gasteiger partial charge in [-0.25, -0.2) is 4.79 Å². The monoisotopic (exact) mass is 772 g/mol. The first-order valence-electron chi connectivity index (χ1n) is 19.2. The van der Waals surface area contributed by atoms with Crippen LogP contribution in [-0.4, -0.2) is 78.6 Å². The van der Waals surface area contributed by atoms with Gasteiger partial charge in [0.15, 0.2) is 5.85 Å². The van der Waals surface area contributed by atoms with E-state index in [1.165, 1.54) is 19.1 Å². The van der Waals surface area contributed by atoms with E-state index in [2.05, 4.69) is 10.6 Å². The molecule has 5 N–H and O–H groups in total. The molecule has 54 heavy (non-hydrogen) atoms. The van der Waals surface area contributed by atoms with Gasteiger partial charge in [-0.2, -0.15) is 0 Å². The summed E-state index contributed by atoms with van der Waals surface area (Å²) in [4.78, 5) is 55.2. The van der Waals surface area contributed by atoms with E-state index in [0.717, 1.165) is 43.2 Å². The molecule has 2 aromatic carbocycles. The Bertz CT molecular complexity index is 1480. The van der Waals surface area contributed by atoms with Crippen LogP contribution in [-0.2, 0) is 45.8 Å². The van der Waals surface area contributed by atoms with E-state index < -0.39 is 55.4 Å². The number of alkyl carbamates (subject to hydrolysis) is 1. The molecule has 1 aliphatic rings. The summed E-state index contributed by atoms with van der Waals surface area (Å²) in [6.07, 6.45) is 6.41. The molecule has 1 saturated carbocycles. The first kappa shape index (κ1) is 44.8. The van der Waals surface area contributed by atoms with E-state index >= 15 is 0 Å². The van der Waals surface area contributed by atoms with Gasteiger partial charge in [0.25, 0.3) is 0 Å². The van der Waals surface area contributed by atoms with Gasteiger partial charge in [0, 0.05) is 27.2 Å². The smallest absolute Gasteiger partial charge is 0.407 e. The quantitative estimate of drug-likeness (QED) is 0.0808. The molecule has 0 aliphatic heterocycles. The number of ether oxygens (including phenoxy) is 1. The number of hydrogen-bond donors (Lipinski definition) is 4. The molecule has 0 saturated heterocycles. The number of unbranched alkanes of at least 4 members (excludes halogenated alkanes) is 2. The number of nitrogens with zero attached hydrogens (tertiary/aromatic N) is 1. The number of benzene rings is 2. The molecule has 4 amide bonds. The number of amides is 4. The fraction of sp³-hybridized carbons (Fsp3) is 0.600. The van der Waals surface area contributed by atoms with Crippen molar-refractivity contribution >= 4 is 31.4 Å². The van der Waals surface area contributed by atoms with E-state index in [1.54, 1.807) is 0 Å². The minimum atomic E-state index is -4.18. The Morgan fingerprint density at radius 3 is 2.11 bits per heavy atom. The summed E-state index contributed by atoms with van der Waals surface area (Å²) in [5.41, 5.74) is 8.28. The molecule has 3 rings (SSSR count). The first-order chi connectivity index (χ1) is 25.9. The lowest BCUT2D eigenvalue weighted by molar-refractivity contribution is -0.149. The number of aliphatic hydroxyl groups is 1. The van der Waals surface area contributed by atoms with Gasteiger partial charge in [-0.1, -0.05) is 113 Å². The van der Waals surface area contributed by atoms with Crippen LogP contribution in [0.2, 0.25) is 0 Å². The molecule has 1 aliphatic carbocycles. The van der Waals surface area contributed by atoms with Gasteiger partial charge in [0.05, 0.1) is 12.1 Å². The van der Waals surface area contributed by atoms with Crippen LogP contribution < -0.4 is 16.4 Å². The molecule has 300 valence electrons. The fourth-order valence-corrected chi connectivity index (χ4v) is 8.24. The summed E-state index contributed by atoms with van der Waals surface area (Å²) in [6, 6.07) is 15.1. The van der Waals surface area contributed by atoms with Crippen LogP contribution in [0.15, 0.2) is 60.7 Å². The molecule has 1 fully saturated rings. The molecule has 0 spiro atoms. The molecular weight excluding hydrogens is 711 g/mol. The lowest BCUT2D eigenvalue weighted by Gasteiger charge is -2.43. The zero-order valence-corrected chi connectivity index (χ0v) is 33.2. The van der Waals surface area contributed by atoms with Gasteiger partial charge >= 0.3 is 13.7 Å². The number of rotatable bonds is 22. The molecule has 4 atom stereocenters. The van der Waals surface area contributed by atoms with Crippen LogP contribution in [0, 0.1) is 11.8 Å². The van der Waals surface area contributed by atoms with Crippen LogP contribution in [0.5, 0.6) is 0 Å². The minimum absolute atomic E-state index is 0.0384. The Labute approximate surface area is 320 Å². The maximum absolute atomic E-state index is 14.6. The molecule has 1 unspecified atom stereocenters. The van der Waals surface area contributed by atoms with Crippen LogP contribution >= 0.6 is 7.60 Å². The summed E-state index contributed by atoms with van der Waals surface area (Å²) in [5, 5.41) is 17.0. The molecule has 14 heteroatoms. The number of carbonyl (C=O) groups excluding carboxylic acids is 4. The molecular formula is C40H61N4O9P. The largest absolute Gasteiger partial charge is 0.445 e. The predicted octanol–water partition coefficient (Wildman–Crippen LogP) is 6.07. The molecule has 0 bridgehead atoms. The Balaban J connectivity index is 1.76. The maximum atomic E-state index is 14.6. The zero-order valence-electron chi connectivity index (χ0n) is 32.3. The van der Waals surface area contributed by atoms with Gasteiger partial charge in [0.1, 0.15) is 12.6 Å². The van der Waals surface area contributed by atoms with Crippen LogP contribution in [0.1, 0.15) is 95.6 Å². The summed E-state index contributed by atoms with van der Waals surface area (Å²) in [6.45, 7) is 4.31. The normalized spacial score (nSPS) is 15.8. The van der Waals surface area contributed by atoms with Crippen LogP contribution in [0.4, 0.5) is 4.79 Å². The van der Waals surface area contributed by atoms with E-state index in [0.29, 0.717) is 25.8 Å². The highest BCUT2D eigenvalue weighted by Gasteiger charge is 2.48. The van der Waals surface area contributed by atoms with E-state index in [4.69, 9.17) is 19.5 Å². The predicted molar refractivity (Wildman–Crippen MR) is 207 cm³/mol. The van der Waals surface area contributed by atoms with E-state index in [-0.39, 0.29) is 44.1 Å². The van der Waals surface area contributed by atoms with Crippen molar-refractivity contribution < 1.29 is 42.6 Å².